The Morgan fingerprint density at radius 1 is 0.941 bits per heavy atom. The number of aromatic hydroxyl groups is 1. The summed E-state index contributed by atoms with van der Waals surface area (Å²) >= 11 is 0. The fourth-order valence-corrected chi connectivity index (χ4v) is 4.14. The molecule has 1 fully saturated rings. The number of phenols is 1. The van der Waals surface area contributed by atoms with E-state index in [1.807, 2.05) is 30.3 Å². The molecule has 0 saturated carbocycles. The molecule has 7 heteroatoms. The van der Waals surface area contributed by atoms with E-state index in [0.29, 0.717) is 23.3 Å². The van der Waals surface area contributed by atoms with Gasteiger partial charge in [0.25, 0.3) is 11.7 Å². The summed E-state index contributed by atoms with van der Waals surface area (Å²) in [6, 6.07) is 20.1. The molecule has 4 rings (SSSR count). The molecule has 1 saturated heterocycles. The van der Waals surface area contributed by atoms with Gasteiger partial charge in [-0.3, -0.25) is 9.59 Å². The van der Waals surface area contributed by atoms with Crippen molar-refractivity contribution in [3.8, 4) is 17.2 Å². The van der Waals surface area contributed by atoms with Gasteiger partial charge in [-0.2, -0.15) is 0 Å². The van der Waals surface area contributed by atoms with E-state index in [0.717, 1.165) is 5.56 Å². The van der Waals surface area contributed by atoms with Gasteiger partial charge in [0.2, 0.25) is 0 Å². The summed E-state index contributed by atoms with van der Waals surface area (Å²) in [6.07, 6.45) is 0.527. The van der Waals surface area contributed by atoms with Crippen LogP contribution in [-0.2, 0) is 16.0 Å². The van der Waals surface area contributed by atoms with Crippen LogP contribution < -0.4 is 9.47 Å². The maximum Gasteiger partial charge on any atom is 0.295 e. The standard InChI is InChI=1S/C27H25NO6/c1-33-20-10-6-9-19(15-20)25(30)23-24(18-11-12-21(29)22(16-18)34-2)28(27(32)26(23)31)14-13-17-7-4-3-5-8-17/h3-12,15-16,24,29-30H,13-14H2,1-2H3. The average molecular weight is 459 g/mol. The summed E-state index contributed by atoms with van der Waals surface area (Å²) in [5, 5.41) is 21.3. The van der Waals surface area contributed by atoms with Gasteiger partial charge in [0.15, 0.2) is 11.5 Å². The molecule has 3 aromatic carbocycles. The lowest BCUT2D eigenvalue weighted by atomic mass is 9.94. The van der Waals surface area contributed by atoms with E-state index in [4.69, 9.17) is 9.47 Å². The molecule has 0 spiro atoms. The lowest BCUT2D eigenvalue weighted by molar-refractivity contribution is -0.139. The molecule has 174 valence electrons. The lowest BCUT2D eigenvalue weighted by Crippen LogP contribution is -2.31. The Kier molecular flexibility index (Phi) is 6.54. The van der Waals surface area contributed by atoms with Crippen molar-refractivity contribution in [3.05, 3.63) is 95.1 Å². The molecule has 0 aliphatic carbocycles. The molecule has 3 aromatic rings. The number of aliphatic hydroxyl groups is 1. The van der Waals surface area contributed by atoms with E-state index >= 15 is 0 Å². The number of rotatable bonds is 7. The first-order valence-corrected chi connectivity index (χ1v) is 10.8. The molecule has 1 atom stereocenters. The Bertz CT molecular complexity index is 1250. The summed E-state index contributed by atoms with van der Waals surface area (Å²) in [4.78, 5) is 27.8. The highest BCUT2D eigenvalue weighted by atomic mass is 16.5. The van der Waals surface area contributed by atoms with Gasteiger partial charge < -0.3 is 24.6 Å². The van der Waals surface area contributed by atoms with Crippen molar-refractivity contribution in [2.24, 2.45) is 0 Å². The van der Waals surface area contributed by atoms with Gasteiger partial charge in [0, 0.05) is 12.1 Å². The Labute approximate surface area is 197 Å². The minimum atomic E-state index is -0.857. The molecule has 34 heavy (non-hydrogen) atoms. The largest absolute Gasteiger partial charge is 0.507 e. The number of methoxy groups -OCH3 is 2. The van der Waals surface area contributed by atoms with Gasteiger partial charge in [-0.25, -0.2) is 0 Å². The Morgan fingerprint density at radius 2 is 1.71 bits per heavy atom. The van der Waals surface area contributed by atoms with E-state index in [1.54, 1.807) is 36.4 Å². The van der Waals surface area contributed by atoms with Crippen LogP contribution >= 0.6 is 0 Å². The minimum absolute atomic E-state index is 0.0287. The third-order valence-electron chi connectivity index (χ3n) is 5.89. The first-order chi connectivity index (χ1) is 16.4. The second kappa shape index (κ2) is 9.70. The molecule has 7 nitrogen and oxygen atoms in total. The number of hydrogen-bond acceptors (Lipinski definition) is 6. The third kappa shape index (κ3) is 4.32. The predicted molar refractivity (Wildman–Crippen MR) is 127 cm³/mol. The number of likely N-dealkylation sites (tertiary alicyclic amines) is 1. The fourth-order valence-electron chi connectivity index (χ4n) is 4.14. The maximum absolute atomic E-state index is 13.2. The zero-order valence-corrected chi connectivity index (χ0v) is 18.9. The van der Waals surface area contributed by atoms with Crippen molar-refractivity contribution < 1.29 is 29.3 Å². The van der Waals surface area contributed by atoms with Crippen molar-refractivity contribution in [2.75, 3.05) is 20.8 Å². The topological polar surface area (TPSA) is 96.3 Å². The van der Waals surface area contributed by atoms with Crippen molar-refractivity contribution in [1.29, 1.82) is 0 Å². The number of carbonyl (C=O) groups excluding carboxylic acids is 2. The normalized spacial score (nSPS) is 17.1. The Morgan fingerprint density at radius 3 is 2.41 bits per heavy atom. The van der Waals surface area contributed by atoms with E-state index in [-0.39, 0.29) is 29.4 Å². The van der Waals surface area contributed by atoms with Crippen LogP contribution in [0.15, 0.2) is 78.4 Å². The zero-order valence-electron chi connectivity index (χ0n) is 18.9. The predicted octanol–water partition coefficient (Wildman–Crippen LogP) is 4.07. The lowest BCUT2D eigenvalue weighted by Gasteiger charge is -2.26. The molecule has 0 aromatic heterocycles. The highest BCUT2D eigenvalue weighted by molar-refractivity contribution is 6.46. The Hall–Kier alpha value is -4.26. The van der Waals surface area contributed by atoms with Crippen LogP contribution in [0.1, 0.15) is 22.7 Å². The first-order valence-electron chi connectivity index (χ1n) is 10.8. The number of benzene rings is 3. The summed E-state index contributed by atoms with van der Waals surface area (Å²) in [7, 11) is 2.92. The monoisotopic (exact) mass is 459 g/mol. The molecular weight excluding hydrogens is 434 g/mol. The number of nitrogens with zero attached hydrogens (tertiary/aromatic N) is 1. The van der Waals surface area contributed by atoms with Crippen LogP contribution in [0.4, 0.5) is 0 Å². The Balaban J connectivity index is 1.83. The van der Waals surface area contributed by atoms with Crippen LogP contribution in [0.3, 0.4) is 0 Å². The zero-order chi connectivity index (χ0) is 24.2. The molecule has 1 aliphatic heterocycles. The minimum Gasteiger partial charge on any atom is -0.507 e. The first kappa shape index (κ1) is 22.9. The quantitative estimate of drug-likeness (QED) is 0.314. The number of ketones is 1. The van der Waals surface area contributed by atoms with E-state index < -0.39 is 17.7 Å². The SMILES string of the molecule is COc1cccc(C(O)=C2C(=O)C(=O)N(CCc3ccccc3)C2c2ccc(O)c(OC)c2)c1. The van der Waals surface area contributed by atoms with Crippen LogP contribution in [-0.4, -0.2) is 47.6 Å². The number of phenolic OH excluding ortho intramolecular Hbond substituents is 1. The van der Waals surface area contributed by atoms with Gasteiger partial charge >= 0.3 is 0 Å². The maximum atomic E-state index is 13.2. The van der Waals surface area contributed by atoms with Crippen LogP contribution in [0.25, 0.3) is 5.76 Å². The molecule has 2 N–H and O–H groups in total. The van der Waals surface area contributed by atoms with E-state index in [2.05, 4.69) is 0 Å². The molecule has 0 bridgehead atoms. The third-order valence-corrected chi connectivity index (χ3v) is 5.89. The number of ether oxygens (including phenoxy) is 2. The van der Waals surface area contributed by atoms with Crippen LogP contribution in [0, 0.1) is 0 Å². The second-order valence-corrected chi connectivity index (χ2v) is 7.89. The number of hydrogen-bond donors (Lipinski definition) is 2. The van der Waals surface area contributed by atoms with Gasteiger partial charge in [0.1, 0.15) is 11.5 Å². The number of amides is 1. The summed E-state index contributed by atoms with van der Waals surface area (Å²) < 4.78 is 10.5. The fraction of sp³-hybridized carbons (Fsp3) is 0.185. The van der Waals surface area contributed by atoms with Crippen molar-refractivity contribution in [2.45, 2.75) is 12.5 Å². The molecule has 1 aliphatic rings. The number of carbonyl (C=O) groups is 2. The summed E-state index contributed by atoms with van der Waals surface area (Å²) in [5.41, 5.74) is 1.88. The molecule has 1 amide bonds. The highest BCUT2D eigenvalue weighted by Gasteiger charge is 2.46. The van der Waals surface area contributed by atoms with Crippen LogP contribution in [0.5, 0.6) is 17.2 Å². The molecular formula is C27H25NO6. The van der Waals surface area contributed by atoms with Gasteiger partial charge in [-0.1, -0.05) is 48.5 Å². The van der Waals surface area contributed by atoms with Crippen LogP contribution in [0.2, 0.25) is 0 Å². The van der Waals surface area contributed by atoms with Gasteiger partial charge in [-0.15, -0.1) is 0 Å². The van der Waals surface area contributed by atoms with Crippen molar-refractivity contribution in [3.63, 3.8) is 0 Å². The summed E-state index contributed by atoms with van der Waals surface area (Å²) in [5.74, 6) is -1.13. The molecule has 1 unspecified atom stereocenters. The second-order valence-electron chi connectivity index (χ2n) is 7.89. The van der Waals surface area contributed by atoms with Gasteiger partial charge in [0.05, 0.1) is 25.8 Å². The van der Waals surface area contributed by atoms with Gasteiger partial charge in [-0.05, 0) is 41.8 Å². The number of Topliss-reactive ketones (excluding diaryl/α,β-unsaturated/α-hetero) is 1. The smallest absolute Gasteiger partial charge is 0.295 e. The summed E-state index contributed by atoms with van der Waals surface area (Å²) in [6.45, 7) is 0.261. The van der Waals surface area contributed by atoms with E-state index in [1.165, 1.54) is 25.2 Å². The van der Waals surface area contributed by atoms with E-state index in [9.17, 15) is 19.8 Å². The molecule has 0 radical (unpaired) electrons. The van der Waals surface area contributed by atoms with Crippen molar-refractivity contribution in [1.82, 2.24) is 4.90 Å². The van der Waals surface area contributed by atoms with Crippen molar-refractivity contribution >= 4 is 17.4 Å². The average Bonchev–Trinajstić information content (AvgIpc) is 3.12. The number of aliphatic hydroxyl groups excluding tert-OH is 1. The molecule has 1 heterocycles. The highest BCUT2D eigenvalue weighted by Crippen LogP contribution is 2.42.